The molecule has 0 aromatic heterocycles. The van der Waals surface area contributed by atoms with E-state index in [0.717, 1.165) is 11.8 Å². The largest absolute Gasteiger partial charge is 0.508 e. The number of hydrogen-bond donors (Lipinski definition) is 2. The van der Waals surface area contributed by atoms with E-state index < -0.39 is 0 Å². The van der Waals surface area contributed by atoms with Gasteiger partial charge in [0.15, 0.2) is 0 Å². The van der Waals surface area contributed by atoms with Gasteiger partial charge in [0.25, 0.3) is 0 Å². The molecule has 2 aliphatic rings. The van der Waals surface area contributed by atoms with Gasteiger partial charge in [-0.2, -0.15) is 0 Å². The van der Waals surface area contributed by atoms with Gasteiger partial charge >= 0.3 is 0 Å². The van der Waals surface area contributed by atoms with Crippen LogP contribution in [0.5, 0.6) is 5.75 Å². The minimum Gasteiger partial charge on any atom is -0.508 e. The number of aromatic hydroxyl groups is 1. The zero-order chi connectivity index (χ0) is 13.2. The molecule has 0 spiro atoms. The van der Waals surface area contributed by atoms with Crippen LogP contribution in [0.3, 0.4) is 0 Å². The predicted molar refractivity (Wildman–Crippen MR) is 78.1 cm³/mol. The van der Waals surface area contributed by atoms with Gasteiger partial charge in [-0.15, -0.1) is 0 Å². The SMILES string of the molecule is CC(NC1CCCC(C2CC2)C1)c1cccc(O)c1. The van der Waals surface area contributed by atoms with Crippen molar-refractivity contribution in [2.45, 2.75) is 57.5 Å². The molecule has 104 valence electrons. The summed E-state index contributed by atoms with van der Waals surface area (Å²) in [6.07, 6.45) is 8.44. The Morgan fingerprint density at radius 2 is 2.00 bits per heavy atom. The van der Waals surface area contributed by atoms with Gasteiger partial charge in [-0.05, 0) is 62.1 Å². The first-order valence-corrected chi connectivity index (χ1v) is 7.77. The third-order valence-corrected chi connectivity index (χ3v) is 4.86. The average Bonchev–Trinajstić information content (AvgIpc) is 3.23. The van der Waals surface area contributed by atoms with E-state index in [1.807, 2.05) is 12.1 Å². The second-order valence-electron chi connectivity index (χ2n) is 6.44. The number of rotatable bonds is 4. The minimum atomic E-state index is 0.329. The van der Waals surface area contributed by atoms with E-state index in [1.165, 1.54) is 44.1 Å². The van der Waals surface area contributed by atoms with Crippen molar-refractivity contribution in [1.82, 2.24) is 5.32 Å². The van der Waals surface area contributed by atoms with Crippen LogP contribution in [0, 0.1) is 11.8 Å². The fourth-order valence-electron chi connectivity index (χ4n) is 3.62. The lowest BCUT2D eigenvalue weighted by Crippen LogP contribution is -2.36. The molecule has 19 heavy (non-hydrogen) atoms. The summed E-state index contributed by atoms with van der Waals surface area (Å²) in [5.41, 5.74) is 1.19. The van der Waals surface area contributed by atoms with Crippen LogP contribution in [-0.2, 0) is 0 Å². The van der Waals surface area contributed by atoms with Crippen LogP contribution < -0.4 is 5.32 Å². The Hall–Kier alpha value is -1.02. The number of nitrogens with one attached hydrogen (secondary N) is 1. The molecule has 3 atom stereocenters. The second kappa shape index (κ2) is 5.54. The first-order valence-electron chi connectivity index (χ1n) is 7.77. The van der Waals surface area contributed by atoms with E-state index in [9.17, 15) is 5.11 Å². The second-order valence-corrected chi connectivity index (χ2v) is 6.44. The summed E-state index contributed by atoms with van der Waals surface area (Å²) in [4.78, 5) is 0. The highest BCUT2D eigenvalue weighted by molar-refractivity contribution is 5.29. The molecule has 0 saturated heterocycles. The Labute approximate surface area is 116 Å². The number of phenolic OH excluding ortho intramolecular Hbond substituents is 1. The summed E-state index contributed by atoms with van der Waals surface area (Å²) in [5, 5.41) is 13.3. The van der Waals surface area contributed by atoms with E-state index in [4.69, 9.17) is 0 Å². The Morgan fingerprint density at radius 1 is 1.16 bits per heavy atom. The highest BCUT2D eigenvalue weighted by Crippen LogP contribution is 2.44. The smallest absolute Gasteiger partial charge is 0.115 e. The maximum absolute atomic E-state index is 9.56. The van der Waals surface area contributed by atoms with Gasteiger partial charge in [0.2, 0.25) is 0 Å². The van der Waals surface area contributed by atoms with Gasteiger partial charge in [0.1, 0.15) is 5.75 Å². The normalized spacial score (nSPS) is 29.1. The van der Waals surface area contributed by atoms with Crippen molar-refractivity contribution in [3.63, 3.8) is 0 Å². The first-order chi connectivity index (χ1) is 9.22. The number of phenols is 1. The lowest BCUT2D eigenvalue weighted by molar-refractivity contribution is 0.249. The van der Waals surface area contributed by atoms with Gasteiger partial charge < -0.3 is 10.4 Å². The van der Waals surface area contributed by atoms with Crippen molar-refractivity contribution < 1.29 is 5.11 Å². The Balaban J connectivity index is 1.57. The van der Waals surface area contributed by atoms with Crippen LogP contribution in [0.15, 0.2) is 24.3 Å². The van der Waals surface area contributed by atoms with Crippen molar-refractivity contribution in [3.8, 4) is 5.75 Å². The molecule has 3 rings (SSSR count). The van der Waals surface area contributed by atoms with Crippen LogP contribution in [0.25, 0.3) is 0 Å². The number of benzene rings is 1. The predicted octanol–water partition coefficient (Wildman–Crippen LogP) is 4.01. The summed E-state index contributed by atoms with van der Waals surface area (Å²) in [7, 11) is 0. The fraction of sp³-hybridized carbons (Fsp3) is 0.647. The zero-order valence-corrected chi connectivity index (χ0v) is 11.8. The summed E-state index contributed by atoms with van der Waals surface area (Å²) in [6, 6.07) is 8.63. The maximum Gasteiger partial charge on any atom is 0.115 e. The molecule has 0 heterocycles. The molecule has 0 bridgehead atoms. The van der Waals surface area contributed by atoms with Crippen molar-refractivity contribution in [2.75, 3.05) is 0 Å². The van der Waals surface area contributed by atoms with Crippen LogP contribution >= 0.6 is 0 Å². The van der Waals surface area contributed by atoms with Crippen molar-refractivity contribution in [1.29, 1.82) is 0 Å². The molecule has 0 amide bonds. The Morgan fingerprint density at radius 3 is 2.74 bits per heavy atom. The molecule has 2 nitrogen and oxygen atoms in total. The zero-order valence-electron chi connectivity index (χ0n) is 11.8. The van der Waals surface area contributed by atoms with Gasteiger partial charge in [0.05, 0.1) is 0 Å². The molecular formula is C17H25NO. The van der Waals surface area contributed by atoms with Crippen molar-refractivity contribution >= 4 is 0 Å². The molecular weight excluding hydrogens is 234 g/mol. The highest BCUT2D eigenvalue weighted by atomic mass is 16.3. The topological polar surface area (TPSA) is 32.3 Å². The van der Waals surface area contributed by atoms with Gasteiger partial charge in [-0.25, -0.2) is 0 Å². The maximum atomic E-state index is 9.56. The van der Waals surface area contributed by atoms with Crippen LogP contribution in [0.1, 0.15) is 57.1 Å². The third-order valence-electron chi connectivity index (χ3n) is 4.86. The average molecular weight is 259 g/mol. The fourth-order valence-corrected chi connectivity index (χ4v) is 3.62. The van der Waals surface area contributed by atoms with Gasteiger partial charge in [-0.1, -0.05) is 25.0 Å². The molecule has 1 aromatic rings. The van der Waals surface area contributed by atoms with E-state index in [1.54, 1.807) is 6.07 Å². The Kier molecular flexibility index (Phi) is 3.79. The summed E-state index contributed by atoms with van der Waals surface area (Å²) in [5.74, 6) is 2.38. The van der Waals surface area contributed by atoms with E-state index in [2.05, 4.69) is 18.3 Å². The molecule has 0 radical (unpaired) electrons. The first kappa shape index (κ1) is 13.0. The highest BCUT2D eigenvalue weighted by Gasteiger charge is 2.34. The van der Waals surface area contributed by atoms with Crippen LogP contribution in [0.2, 0.25) is 0 Å². The van der Waals surface area contributed by atoms with Crippen molar-refractivity contribution in [2.24, 2.45) is 11.8 Å². The van der Waals surface area contributed by atoms with Gasteiger partial charge in [-0.3, -0.25) is 0 Å². The monoisotopic (exact) mass is 259 g/mol. The van der Waals surface area contributed by atoms with Gasteiger partial charge in [0, 0.05) is 12.1 Å². The van der Waals surface area contributed by atoms with E-state index in [-0.39, 0.29) is 0 Å². The molecule has 2 aliphatic carbocycles. The van der Waals surface area contributed by atoms with Crippen LogP contribution in [0.4, 0.5) is 0 Å². The van der Waals surface area contributed by atoms with E-state index >= 15 is 0 Å². The quantitative estimate of drug-likeness (QED) is 0.856. The molecule has 2 N–H and O–H groups in total. The molecule has 2 saturated carbocycles. The summed E-state index contributed by atoms with van der Waals surface area (Å²) >= 11 is 0. The Bertz CT molecular complexity index is 427. The standard InChI is InChI=1S/C17H25NO/c1-12(14-4-3-7-17(19)11-14)18-16-6-2-5-15(10-16)13-8-9-13/h3-4,7,11-13,15-16,18-19H,2,5-6,8-10H2,1H3. The van der Waals surface area contributed by atoms with E-state index in [0.29, 0.717) is 17.8 Å². The summed E-state index contributed by atoms with van der Waals surface area (Å²) < 4.78 is 0. The molecule has 3 unspecified atom stereocenters. The molecule has 0 aliphatic heterocycles. The molecule has 1 aromatic carbocycles. The van der Waals surface area contributed by atoms with Crippen LogP contribution in [-0.4, -0.2) is 11.1 Å². The lowest BCUT2D eigenvalue weighted by Gasteiger charge is -2.32. The minimum absolute atomic E-state index is 0.329. The number of hydrogen-bond acceptors (Lipinski definition) is 2. The molecule has 2 heteroatoms. The van der Waals surface area contributed by atoms with Crippen molar-refractivity contribution in [3.05, 3.63) is 29.8 Å². The summed E-state index contributed by atoms with van der Waals surface area (Å²) in [6.45, 7) is 2.20. The molecule has 2 fully saturated rings. The lowest BCUT2D eigenvalue weighted by atomic mass is 9.82. The third kappa shape index (κ3) is 3.30.